The van der Waals surface area contributed by atoms with E-state index in [4.69, 9.17) is 9.73 Å². The van der Waals surface area contributed by atoms with Gasteiger partial charge in [-0.25, -0.2) is 0 Å². The molecule has 1 fully saturated rings. The minimum Gasteiger partial charge on any atom is -0.466 e. The highest BCUT2D eigenvalue weighted by Gasteiger charge is 2.28. The van der Waals surface area contributed by atoms with Gasteiger partial charge in [0, 0.05) is 51.5 Å². The molecule has 0 spiro atoms. The fourth-order valence-corrected chi connectivity index (χ4v) is 3.85. The summed E-state index contributed by atoms with van der Waals surface area (Å²) in [5.41, 5.74) is 1.27. The minimum atomic E-state index is -0.101. The lowest BCUT2D eigenvalue weighted by Gasteiger charge is -2.16. The van der Waals surface area contributed by atoms with Crippen LogP contribution < -0.4 is 10.6 Å². The summed E-state index contributed by atoms with van der Waals surface area (Å²) in [6, 6.07) is 10.3. The summed E-state index contributed by atoms with van der Waals surface area (Å²) < 4.78 is 4.94. The van der Waals surface area contributed by atoms with E-state index in [1.54, 1.807) is 0 Å². The van der Waals surface area contributed by atoms with Crippen LogP contribution >= 0.6 is 0 Å². The maximum atomic E-state index is 12.4. The van der Waals surface area contributed by atoms with Gasteiger partial charge in [0.05, 0.1) is 6.61 Å². The number of nitrogens with zero attached hydrogens (tertiary/aromatic N) is 2. The number of benzene rings is 1. The van der Waals surface area contributed by atoms with Gasteiger partial charge in [-0.2, -0.15) is 0 Å². The van der Waals surface area contributed by atoms with Crippen molar-refractivity contribution in [3.8, 4) is 0 Å². The molecule has 1 heterocycles. The van der Waals surface area contributed by atoms with Crippen molar-refractivity contribution in [3.63, 3.8) is 0 Å². The average molecular weight is 445 g/mol. The zero-order valence-corrected chi connectivity index (χ0v) is 19.8. The molecular weight excluding hydrogens is 404 g/mol. The van der Waals surface area contributed by atoms with Crippen LogP contribution in [0.5, 0.6) is 0 Å². The summed E-state index contributed by atoms with van der Waals surface area (Å²) in [7, 11) is 0. The van der Waals surface area contributed by atoms with Crippen LogP contribution in [-0.2, 0) is 20.7 Å². The predicted molar refractivity (Wildman–Crippen MR) is 129 cm³/mol. The SMILES string of the molecule is CCNC(=NCC1CC(=O)N(CCc2ccccc2)C1)NCCCCCCC(=O)OCC. The van der Waals surface area contributed by atoms with Crippen LogP contribution in [0.15, 0.2) is 35.3 Å². The van der Waals surface area contributed by atoms with Crippen LogP contribution in [0.25, 0.3) is 0 Å². The molecule has 1 amide bonds. The Morgan fingerprint density at radius 3 is 2.66 bits per heavy atom. The standard InChI is InChI=1S/C25H40N4O3/c1-3-26-25(27-16-11-6-5-10-14-24(31)32-4-2)28-19-22-18-23(30)29(20-22)17-15-21-12-8-7-9-13-21/h7-9,12-13,22H,3-6,10-11,14-20H2,1-2H3,(H2,26,27,28). The number of aliphatic imine (C=N–C) groups is 1. The Kier molecular flexibility index (Phi) is 12.3. The largest absolute Gasteiger partial charge is 0.466 e. The summed E-state index contributed by atoms with van der Waals surface area (Å²) in [5.74, 6) is 1.23. The number of carbonyl (C=O) groups excluding carboxylic acids is 2. The number of ether oxygens (including phenoxy) is 1. The maximum Gasteiger partial charge on any atom is 0.305 e. The second-order valence-corrected chi connectivity index (χ2v) is 8.26. The van der Waals surface area contributed by atoms with E-state index in [2.05, 4.69) is 29.7 Å². The van der Waals surface area contributed by atoms with Crippen molar-refractivity contribution in [2.75, 3.05) is 39.3 Å². The maximum absolute atomic E-state index is 12.4. The number of carbonyl (C=O) groups is 2. The molecule has 1 unspecified atom stereocenters. The summed E-state index contributed by atoms with van der Waals surface area (Å²) >= 11 is 0. The Morgan fingerprint density at radius 2 is 1.91 bits per heavy atom. The molecule has 1 saturated heterocycles. The van der Waals surface area contributed by atoms with Crippen LogP contribution in [0.1, 0.15) is 57.9 Å². The van der Waals surface area contributed by atoms with Crippen molar-refractivity contribution < 1.29 is 14.3 Å². The smallest absolute Gasteiger partial charge is 0.305 e. The van der Waals surface area contributed by atoms with Crippen LogP contribution in [0.3, 0.4) is 0 Å². The van der Waals surface area contributed by atoms with Crippen molar-refractivity contribution in [1.82, 2.24) is 15.5 Å². The third-order valence-corrected chi connectivity index (χ3v) is 5.57. The lowest BCUT2D eigenvalue weighted by molar-refractivity contribution is -0.143. The van der Waals surface area contributed by atoms with Gasteiger partial charge in [-0.1, -0.05) is 43.2 Å². The number of rotatable bonds is 14. The van der Waals surface area contributed by atoms with E-state index in [-0.39, 0.29) is 17.8 Å². The van der Waals surface area contributed by atoms with Crippen LogP contribution in [0, 0.1) is 5.92 Å². The minimum absolute atomic E-state index is 0.101. The number of unbranched alkanes of at least 4 members (excludes halogenated alkanes) is 3. The fraction of sp³-hybridized carbons (Fsp3) is 0.640. The molecule has 0 radical (unpaired) electrons. The van der Waals surface area contributed by atoms with Gasteiger partial charge < -0.3 is 20.3 Å². The number of likely N-dealkylation sites (tertiary alicyclic amines) is 1. The Labute approximate surface area is 193 Å². The molecule has 1 aliphatic heterocycles. The molecule has 2 N–H and O–H groups in total. The van der Waals surface area contributed by atoms with Gasteiger partial charge >= 0.3 is 5.97 Å². The molecular formula is C25H40N4O3. The van der Waals surface area contributed by atoms with Crippen LogP contribution in [0.2, 0.25) is 0 Å². The van der Waals surface area contributed by atoms with Gasteiger partial charge in [-0.05, 0) is 38.7 Å². The highest BCUT2D eigenvalue weighted by molar-refractivity contribution is 5.80. The van der Waals surface area contributed by atoms with E-state index in [1.165, 1.54) is 5.56 Å². The Bertz CT molecular complexity index is 708. The summed E-state index contributed by atoms with van der Waals surface area (Å²) in [5, 5.41) is 6.67. The first-order chi connectivity index (χ1) is 15.6. The van der Waals surface area contributed by atoms with Crippen molar-refractivity contribution >= 4 is 17.8 Å². The number of hydrogen-bond donors (Lipinski definition) is 2. The van der Waals surface area contributed by atoms with Gasteiger partial charge in [0.15, 0.2) is 5.96 Å². The molecule has 0 bridgehead atoms. The van der Waals surface area contributed by atoms with Crippen molar-refractivity contribution in [3.05, 3.63) is 35.9 Å². The number of hydrogen-bond acceptors (Lipinski definition) is 4. The number of esters is 1. The highest BCUT2D eigenvalue weighted by atomic mass is 16.5. The second-order valence-electron chi connectivity index (χ2n) is 8.26. The molecule has 0 aromatic heterocycles. The summed E-state index contributed by atoms with van der Waals surface area (Å²) in [4.78, 5) is 30.4. The Balaban J connectivity index is 1.64. The van der Waals surface area contributed by atoms with Crippen molar-refractivity contribution in [1.29, 1.82) is 0 Å². The van der Waals surface area contributed by atoms with E-state index < -0.39 is 0 Å². The van der Waals surface area contributed by atoms with Gasteiger partial charge in [0.2, 0.25) is 5.91 Å². The van der Waals surface area contributed by atoms with E-state index in [9.17, 15) is 9.59 Å². The summed E-state index contributed by atoms with van der Waals surface area (Å²) in [6.07, 6.45) is 5.99. The van der Waals surface area contributed by atoms with Crippen molar-refractivity contribution in [2.45, 2.75) is 58.8 Å². The quantitative estimate of drug-likeness (QED) is 0.199. The topological polar surface area (TPSA) is 83.0 Å². The molecule has 1 aliphatic rings. The Hall–Kier alpha value is -2.57. The highest BCUT2D eigenvalue weighted by Crippen LogP contribution is 2.18. The fourth-order valence-electron chi connectivity index (χ4n) is 3.85. The molecule has 178 valence electrons. The average Bonchev–Trinajstić information content (AvgIpc) is 3.15. The van der Waals surface area contributed by atoms with Crippen LogP contribution in [0.4, 0.5) is 0 Å². The zero-order valence-electron chi connectivity index (χ0n) is 19.8. The van der Waals surface area contributed by atoms with E-state index in [0.29, 0.717) is 26.0 Å². The Morgan fingerprint density at radius 1 is 1.12 bits per heavy atom. The summed E-state index contributed by atoms with van der Waals surface area (Å²) in [6.45, 7) is 8.21. The first-order valence-electron chi connectivity index (χ1n) is 12.1. The molecule has 0 aliphatic carbocycles. The van der Waals surface area contributed by atoms with Gasteiger partial charge in [0.1, 0.15) is 0 Å². The van der Waals surface area contributed by atoms with Crippen LogP contribution in [-0.4, -0.2) is 62.1 Å². The number of amides is 1. The molecule has 7 nitrogen and oxygen atoms in total. The monoisotopic (exact) mass is 444 g/mol. The second kappa shape index (κ2) is 15.3. The number of nitrogens with one attached hydrogen (secondary N) is 2. The van der Waals surface area contributed by atoms with E-state index in [0.717, 1.165) is 64.2 Å². The molecule has 1 atom stereocenters. The first kappa shape index (κ1) is 25.7. The third kappa shape index (κ3) is 10.2. The van der Waals surface area contributed by atoms with Crippen molar-refractivity contribution in [2.24, 2.45) is 10.9 Å². The van der Waals surface area contributed by atoms with Gasteiger partial charge in [-0.15, -0.1) is 0 Å². The first-order valence-corrected chi connectivity index (χ1v) is 12.1. The zero-order chi connectivity index (χ0) is 23.0. The van der Waals surface area contributed by atoms with E-state index in [1.807, 2.05) is 30.0 Å². The van der Waals surface area contributed by atoms with Gasteiger partial charge in [0.25, 0.3) is 0 Å². The molecule has 32 heavy (non-hydrogen) atoms. The van der Waals surface area contributed by atoms with Gasteiger partial charge in [-0.3, -0.25) is 14.6 Å². The molecule has 2 rings (SSSR count). The normalized spacial score (nSPS) is 16.3. The predicted octanol–water partition coefficient (Wildman–Crippen LogP) is 3.15. The molecule has 1 aromatic rings. The lowest BCUT2D eigenvalue weighted by atomic mass is 10.1. The third-order valence-electron chi connectivity index (χ3n) is 5.57. The lowest BCUT2D eigenvalue weighted by Crippen LogP contribution is -2.38. The van der Waals surface area contributed by atoms with E-state index >= 15 is 0 Å². The molecule has 0 saturated carbocycles. The molecule has 7 heteroatoms. The number of guanidine groups is 1. The molecule has 1 aromatic carbocycles.